The Balaban J connectivity index is 1.58. The molecule has 0 saturated heterocycles. The molecule has 5 nitrogen and oxygen atoms in total. The van der Waals surface area contributed by atoms with Gasteiger partial charge in [-0.1, -0.05) is 36.4 Å². The molecule has 0 radical (unpaired) electrons. The molecule has 3 aromatic rings. The van der Waals surface area contributed by atoms with Crippen LogP contribution < -0.4 is 15.8 Å². The van der Waals surface area contributed by atoms with Gasteiger partial charge in [-0.15, -0.1) is 0 Å². The highest BCUT2D eigenvalue weighted by Crippen LogP contribution is 2.31. The third kappa shape index (κ3) is 2.78. The molecule has 0 bridgehead atoms. The number of hydrogen-bond donors (Lipinski definition) is 2. The predicted octanol–water partition coefficient (Wildman–Crippen LogP) is 3.19. The van der Waals surface area contributed by atoms with E-state index in [1.54, 1.807) is 11.0 Å². The van der Waals surface area contributed by atoms with E-state index in [0.29, 0.717) is 6.54 Å². The van der Waals surface area contributed by atoms with Gasteiger partial charge in [0.25, 0.3) is 0 Å². The van der Waals surface area contributed by atoms with Crippen molar-refractivity contribution in [2.45, 2.75) is 25.9 Å². The normalized spacial score (nSPS) is 16.0. The van der Waals surface area contributed by atoms with Crippen molar-refractivity contribution in [2.75, 3.05) is 4.90 Å². The molecule has 1 atom stereocenters. The van der Waals surface area contributed by atoms with Gasteiger partial charge in [0.1, 0.15) is 0 Å². The van der Waals surface area contributed by atoms with E-state index in [4.69, 9.17) is 0 Å². The Morgan fingerprint density at radius 1 is 1.20 bits per heavy atom. The number of carbonyl (C=O) groups is 1. The maximum absolute atomic E-state index is 12.7. The number of pyridine rings is 1. The zero-order valence-electron chi connectivity index (χ0n) is 14.0. The maximum Gasteiger partial charge on any atom is 0.322 e. The van der Waals surface area contributed by atoms with E-state index in [1.807, 2.05) is 49.4 Å². The molecule has 2 amide bonds. The second-order valence-corrected chi connectivity index (χ2v) is 6.41. The van der Waals surface area contributed by atoms with Crippen LogP contribution >= 0.6 is 0 Å². The number of para-hydroxylation sites is 2. The van der Waals surface area contributed by atoms with Gasteiger partial charge in [0.2, 0.25) is 5.56 Å². The molecule has 0 fully saturated rings. The zero-order valence-corrected chi connectivity index (χ0v) is 14.0. The second kappa shape index (κ2) is 6.09. The Kier molecular flexibility index (Phi) is 3.76. The van der Waals surface area contributed by atoms with Crippen LogP contribution in [0, 0.1) is 0 Å². The molecule has 5 heteroatoms. The average molecular weight is 333 g/mol. The molecule has 4 rings (SSSR count). The van der Waals surface area contributed by atoms with Crippen molar-refractivity contribution in [3.63, 3.8) is 0 Å². The number of H-pyrrole nitrogens is 1. The van der Waals surface area contributed by atoms with Crippen LogP contribution in [-0.4, -0.2) is 17.1 Å². The quantitative estimate of drug-likeness (QED) is 0.756. The Labute approximate surface area is 145 Å². The molecular formula is C20H19N3O2. The van der Waals surface area contributed by atoms with Gasteiger partial charge in [0.15, 0.2) is 0 Å². The second-order valence-electron chi connectivity index (χ2n) is 6.41. The van der Waals surface area contributed by atoms with Gasteiger partial charge in [0, 0.05) is 35.2 Å². The number of rotatable bonds is 2. The highest BCUT2D eigenvalue weighted by molar-refractivity contribution is 5.95. The predicted molar refractivity (Wildman–Crippen MR) is 98.9 cm³/mol. The Morgan fingerprint density at radius 3 is 2.84 bits per heavy atom. The highest BCUT2D eigenvalue weighted by atomic mass is 16.2. The topological polar surface area (TPSA) is 65.2 Å². The van der Waals surface area contributed by atoms with Crippen LogP contribution in [0.2, 0.25) is 0 Å². The molecule has 0 aliphatic carbocycles. The van der Waals surface area contributed by atoms with Crippen LogP contribution in [0.25, 0.3) is 10.9 Å². The molecule has 1 aliphatic rings. The van der Waals surface area contributed by atoms with E-state index >= 15 is 0 Å². The van der Waals surface area contributed by atoms with Crippen molar-refractivity contribution in [3.8, 4) is 0 Å². The number of benzene rings is 2. The molecule has 126 valence electrons. The monoisotopic (exact) mass is 333 g/mol. The molecule has 2 N–H and O–H groups in total. The molecule has 2 heterocycles. The number of carbonyl (C=O) groups excluding carboxylic acids is 1. The number of amides is 2. The average Bonchev–Trinajstić information content (AvgIpc) is 2.95. The fourth-order valence-corrected chi connectivity index (χ4v) is 3.55. The molecule has 1 aliphatic heterocycles. The van der Waals surface area contributed by atoms with Gasteiger partial charge in [-0.3, -0.25) is 9.69 Å². The van der Waals surface area contributed by atoms with Gasteiger partial charge in [0.05, 0.1) is 0 Å². The fraction of sp³-hybridized carbons (Fsp3) is 0.200. The maximum atomic E-state index is 12.7. The summed E-state index contributed by atoms with van der Waals surface area (Å²) in [6.45, 7) is 2.36. The molecule has 1 unspecified atom stereocenters. The van der Waals surface area contributed by atoms with Crippen molar-refractivity contribution >= 4 is 22.6 Å². The number of hydrogen-bond acceptors (Lipinski definition) is 2. The van der Waals surface area contributed by atoms with Crippen LogP contribution in [0.15, 0.2) is 59.4 Å². The molecule has 2 aromatic carbocycles. The Hall–Kier alpha value is -3.08. The zero-order chi connectivity index (χ0) is 17.4. The molecule has 0 saturated carbocycles. The molecule has 25 heavy (non-hydrogen) atoms. The highest BCUT2D eigenvalue weighted by Gasteiger charge is 2.30. The summed E-state index contributed by atoms with van der Waals surface area (Å²) in [7, 11) is 0. The first-order chi connectivity index (χ1) is 12.1. The number of anilines is 1. The van der Waals surface area contributed by atoms with Crippen molar-refractivity contribution in [1.82, 2.24) is 10.3 Å². The Morgan fingerprint density at radius 2 is 1.96 bits per heavy atom. The van der Waals surface area contributed by atoms with Crippen LogP contribution in [-0.2, 0) is 13.0 Å². The lowest BCUT2D eigenvalue weighted by Crippen LogP contribution is -2.43. The number of fused-ring (bicyclic) bond motifs is 2. The third-order valence-corrected chi connectivity index (χ3v) is 4.69. The van der Waals surface area contributed by atoms with E-state index in [0.717, 1.165) is 28.6 Å². The smallest absolute Gasteiger partial charge is 0.322 e. The number of nitrogens with one attached hydrogen (secondary N) is 2. The first kappa shape index (κ1) is 15.4. The summed E-state index contributed by atoms with van der Waals surface area (Å²) in [5.41, 5.74) is 3.57. The van der Waals surface area contributed by atoms with E-state index in [9.17, 15) is 9.59 Å². The van der Waals surface area contributed by atoms with Gasteiger partial charge in [-0.2, -0.15) is 0 Å². The van der Waals surface area contributed by atoms with Crippen molar-refractivity contribution in [3.05, 3.63) is 76.1 Å². The standard InChI is InChI=1S/C20H19N3O2/c1-13-10-14-6-2-5-9-18(14)23(13)20(25)21-12-15-11-19(24)22-17-8-4-3-7-16(15)17/h2-9,11,13H,10,12H2,1H3,(H,21,25)(H,22,24). The number of urea groups is 1. The molecule has 0 spiro atoms. The lowest BCUT2D eigenvalue weighted by atomic mass is 10.1. The van der Waals surface area contributed by atoms with E-state index in [1.165, 1.54) is 5.56 Å². The number of aromatic amines is 1. The first-order valence-corrected chi connectivity index (χ1v) is 8.39. The number of aromatic nitrogens is 1. The van der Waals surface area contributed by atoms with Gasteiger partial charge < -0.3 is 10.3 Å². The van der Waals surface area contributed by atoms with E-state index in [-0.39, 0.29) is 17.6 Å². The Bertz CT molecular complexity index is 1010. The summed E-state index contributed by atoms with van der Waals surface area (Å²) in [6, 6.07) is 17.1. The fourth-order valence-electron chi connectivity index (χ4n) is 3.55. The third-order valence-electron chi connectivity index (χ3n) is 4.69. The van der Waals surface area contributed by atoms with Crippen molar-refractivity contribution in [1.29, 1.82) is 0 Å². The lowest BCUT2D eigenvalue weighted by Gasteiger charge is -2.23. The van der Waals surface area contributed by atoms with E-state index in [2.05, 4.69) is 16.4 Å². The number of nitrogens with zero attached hydrogens (tertiary/aromatic N) is 1. The summed E-state index contributed by atoms with van der Waals surface area (Å²) in [4.78, 5) is 29.2. The van der Waals surface area contributed by atoms with Gasteiger partial charge >= 0.3 is 6.03 Å². The lowest BCUT2D eigenvalue weighted by molar-refractivity contribution is 0.244. The van der Waals surface area contributed by atoms with Crippen LogP contribution in [0.3, 0.4) is 0 Å². The van der Waals surface area contributed by atoms with E-state index < -0.39 is 0 Å². The van der Waals surface area contributed by atoms with Gasteiger partial charge in [-0.25, -0.2) is 4.79 Å². The van der Waals surface area contributed by atoms with Gasteiger partial charge in [-0.05, 0) is 36.6 Å². The summed E-state index contributed by atoms with van der Waals surface area (Å²) in [6.07, 6.45) is 0.859. The van der Waals surface area contributed by atoms with Crippen LogP contribution in [0.4, 0.5) is 10.5 Å². The van der Waals surface area contributed by atoms with Crippen LogP contribution in [0.5, 0.6) is 0 Å². The summed E-state index contributed by atoms with van der Waals surface area (Å²) >= 11 is 0. The summed E-state index contributed by atoms with van der Waals surface area (Å²) in [5, 5.41) is 3.91. The first-order valence-electron chi connectivity index (χ1n) is 8.39. The van der Waals surface area contributed by atoms with Crippen LogP contribution in [0.1, 0.15) is 18.1 Å². The SMILES string of the molecule is CC1Cc2ccccc2N1C(=O)NCc1cc(=O)[nH]c2ccccc12. The molecular weight excluding hydrogens is 314 g/mol. The van der Waals surface area contributed by atoms with Crippen molar-refractivity contribution in [2.24, 2.45) is 0 Å². The summed E-state index contributed by atoms with van der Waals surface area (Å²) in [5.74, 6) is 0. The molecule has 1 aromatic heterocycles. The minimum atomic E-state index is -0.164. The minimum absolute atomic E-state index is 0.119. The summed E-state index contributed by atoms with van der Waals surface area (Å²) < 4.78 is 0. The largest absolute Gasteiger partial charge is 0.334 e. The van der Waals surface area contributed by atoms with Crippen molar-refractivity contribution < 1.29 is 4.79 Å². The minimum Gasteiger partial charge on any atom is -0.334 e.